The lowest BCUT2D eigenvalue weighted by Gasteiger charge is -1.93. The average molecular weight is 194 g/mol. The maximum Gasteiger partial charge on any atom is 0.354 e. The van der Waals surface area contributed by atoms with E-state index in [-0.39, 0.29) is 5.69 Å². The summed E-state index contributed by atoms with van der Waals surface area (Å²) in [5.41, 5.74) is 0.421. The Bertz CT molecular complexity index is 519. The highest BCUT2D eigenvalue weighted by Gasteiger charge is 2.15. The molecule has 0 aliphatic rings. The first-order valence-corrected chi connectivity index (χ1v) is 3.95. The van der Waals surface area contributed by atoms with Gasteiger partial charge in [0.2, 0.25) is 0 Å². The van der Waals surface area contributed by atoms with Crippen molar-refractivity contribution >= 4 is 16.9 Å². The van der Waals surface area contributed by atoms with E-state index in [1.165, 1.54) is 29.9 Å². The van der Waals surface area contributed by atoms with Crippen molar-refractivity contribution in [1.82, 2.24) is 9.78 Å². The fraction of sp³-hybridized carbons (Fsp3) is 0.111. The molecule has 5 heteroatoms. The maximum absolute atomic E-state index is 12.8. The zero-order valence-electron chi connectivity index (χ0n) is 7.36. The number of benzene rings is 1. The van der Waals surface area contributed by atoms with Gasteiger partial charge < -0.3 is 5.11 Å². The van der Waals surface area contributed by atoms with Crippen molar-refractivity contribution in [2.75, 3.05) is 0 Å². The molecule has 0 saturated carbocycles. The van der Waals surface area contributed by atoms with Gasteiger partial charge in [-0.1, -0.05) is 0 Å². The highest BCUT2D eigenvalue weighted by atomic mass is 19.1. The van der Waals surface area contributed by atoms with Gasteiger partial charge in [-0.2, -0.15) is 5.10 Å². The molecule has 0 aliphatic heterocycles. The number of carbonyl (C=O) groups is 1. The summed E-state index contributed by atoms with van der Waals surface area (Å²) in [6.07, 6.45) is 0. The molecule has 0 bridgehead atoms. The molecule has 1 aromatic carbocycles. The van der Waals surface area contributed by atoms with Crippen LogP contribution in [-0.2, 0) is 7.05 Å². The first-order valence-electron chi connectivity index (χ1n) is 3.95. The number of rotatable bonds is 1. The summed E-state index contributed by atoms with van der Waals surface area (Å²) in [5.74, 6) is -1.49. The molecule has 14 heavy (non-hydrogen) atoms. The summed E-state index contributed by atoms with van der Waals surface area (Å²) in [5, 5.41) is 13.2. The van der Waals surface area contributed by atoms with Crippen LogP contribution in [0.1, 0.15) is 10.5 Å². The van der Waals surface area contributed by atoms with E-state index in [1.807, 2.05) is 0 Å². The summed E-state index contributed by atoms with van der Waals surface area (Å²) in [4.78, 5) is 10.8. The third kappa shape index (κ3) is 1.14. The highest BCUT2D eigenvalue weighted by Crippen LogP contribution is 2.18. The van der Waals surface area contributed by atoms with E-state index in [9.17, 15) is 9.18 Å². The smallest absolute Gasteiger partial charge is 0.354 e. The number of aryl methyl sites for hydroxylation is 1. The number of hydrogen-bond donors (Lipinski definition) is 1. The molecular formula is C9H7FN2O2. The molecule has 1 heterocycles. The highest BCUT2D eigenvalue weighted by molar-refractivity contribution is 6.01. The largest absolute Gasteiger partial charge is 0.477 e. The van der Waals surface area contributed by atoms with Crippen molar-refractivity contribution in [3.8, 4) is 0 Å². The molecule has 1 aromatic heterocycles. The first kappa shape index (κ1) is 8.68. The Morgan fingerprint density at radius 2 is 2.29 bits per heavy atom. The topological polar surface area (TPSA) is 55.1 Å². The van der Waals surface area contributed by atoms with E-state index in [4.69, 9.17) is 5.11 Å². The number of aromatic carboxylic acids is 1. The van der Waals surface area contributed by atoms with Crippen molar-refractivity contribution in [3.63, 3.8) is 0 Å². The number of halogens is 1. The monoisotopic (exact) mass is 194 g/mol. The standard InChI is InChI=1S/C9H7FN2O2/c1-12-8(9(13)14)6-3-2-5(10)4-7(6)11-12/h2-4H,1H3,(H,13,14). The number of aromatic nitrogens is 2. The van der Waals surface area contributed by atoms with Gasteiger partial charge in [-0.15, -0.1) is 0 Å². The summed E-state index contributed by atoms with van der Waals surface area (Å²) < 4.78 is 14.0. The van der Waals surface area contributed by atoms with Crippen molar-refractivity contribution in [2.24, 2.45) is 7.05 Å². The minimum Gasteiger partial charge on any atom is -0.477 e. The summed E-state index contributed by atoms with van der Waals surface area (Å²) >= 11 is 0. The van der Waals surface area contributed by atoms with Crippen LogP contribution in [-0.4, -0.2) is 20.9 Å². The number of fused-ring (bicyclic) bond motifs is 1. The quantitative estimate of drug-likeness (QED) is 0.746. The fourth-order valence-corrected chi connectivity index (χ4v) is 1.43. The molecule has 0 unspecified atom stereocenters. The van der Waals surface area contributed by atoms with Crippen LogP contribution >= 0.6 is 0 Å². The van der Waals surface area contributed by atoms with Gasteiger partial charge in [0.1, 0.15) is 5.82 Å². The van der Waals surface area contributed by atoms with E-state index >= 15 is 0 Å². The molecule has 0 fully saturated rings. The second-order valence-corrected chi connectivity index (χ2v) is 2.94. The molecule has 2 aromatic rings. The van der Waals surface area contributed by atoms with Gasteiger partial charge in [0.15, 0.2) is 5.69 Å². The molecule has 0 saturated heterocycles. The fourth-order valence-electron chi connectivity index (χ4n) is 1.43. The van der Waals surface area contributed by atoms with Crippen molar-refractivity contribution in [1.29, 1.82) is 0 Å². The molecule has 0 spiro atoms. The Morgan fingerprint density at radius 1 is 1.57 bits per heavy atom. The van der Waals surface area contributed by atoms with Crippen molar-refractivity contribution in [3.05, 3.63) is 29.7 Å². The average Bonchev–Trinajstić information content (AvgIpc) is 2.39. The Hall–Kier alpha value is -1.91. The zero-order chi connectivity index (χ0) is 10.3. The van der Waals surface area contributed by atoms with Crippen LogP contribution in [0.4, 0.5) is 4.39 Å². The lowest BCUT2D eigenvalue weighted by atomic mass is 10.2. The van der Waals surface area contributed by atoms with Gasteiger partial charge >= 0.3 is 5.97 Å². The van der Waals surface area contributed by atoms with Crippen LogP contribution in [0.3, 0.4) is 0 Å². The Labute approximate surface area is 78.6 Å². The molecule has 2 rings (SSSR count). The van der Waals surface area contributed by atoms with Crippen LogP contribution < -0.4 is 0 Å². The molecule has 0 aliphatic carbocycles. The molecule has 0 atom stereocenters. The van der Waals surface area contributed by atoms with Crippen LogP contribution in [0, 0.1) is 5.82 Å². The van der Waals surface area contributed by atoms with Gasteiger partial charge in [0.05, 0.1) is 5.52 Å². The minimum atomic E-state index is -1.07. The minimum absolute atomic E-state index is 0.0694. The van der Waals surface area contributed by atoms with Gasteiger partial charge in [-0.05, 0) is 12.1 Å². The van der Waals surface area contributed by atoms with E-state index in [0.29, 0.717) is 10.9 Å². The molecule has 4 nitrogen and oxygen atoms in total. The summed E-state index contributed by atoms with van der Waals surface area (Å²) in [7, 11) is 1.52. The molecule has 0 amide bonds. The SMILES string of the molecule is Cn1nc2cc(F)ccc2c1C(=O)O. The Kier molecular flexibility index (Phi) is 1.73. The summed E-state index contributed by atoms with van der Waals surface area (Å²) in [6, 6.07) is 3.85. The predicted molar refractivity (Wildman–Crippen MR) is 47.6 cm³/mol. The van der Waals surface area contributed by atoms with Crippen LogP contribution in [0.2, 0.25) is 0 Å². The number of nitrogens with zero attached hydrogens (tertiary/aromatic N) is 2. The lowest BCUT2D eigenvalue weighted by molar-refractivity contribution is 0.0687. The van der Waals surface area contributed by atoms with Crippen LogP contribution in [0.5, 0.6) is 0 Å². The molecule has 0 radical (unpaired) electrons. The third-order valence-corrected chi connectivity index (χ3v) is 2.00. The predicted octanol–water partition coefficient (Wildman–Crippen LogP) is 1.41. The number of hydrogen-bond acceptors (Lipinski definition) is 2. The normalized spacial score (nSPS) is 10.7. The van der Waals surface area contributed by atoms with Gasteiger partial charge in [0, 0.05) is 18.5 Å². The second-order valence-electron chi connectivity index (χ2n) is 2.94. The van der Waals surface area contributed by atoms with Crippen molar-refractivity contribution < 1.29 is 14.3 Å². The molecule has 1 N–H and O–H groups in total. The maximum atomic E-state index is 12.8. The second kappa shape index (κ2) is 2.80. The Balaban J connectivity index is 2.84. The van der Waals surface area contributed by atoms with Crippen LogP contribution in [0.15, 0.2) is 18.2 Å². The molecule has 72 valence electrons. The zero-order valence-corrected chi connectivity index (χ0v) is 7.36. The van der Waals surface area contributed by atoms with E-state index in [2.05, 4.69) is 5.10 Å². The Morgan fingerprint density at radius 3 is 2.93 bits per heavy atom. The first-order chi connectivity index (χ1) is 6.59. The van der Waals surface area contributed by atoms with E-state index < -0.39 is 11.8 Å². The summed E-state index contributed by atoms with van der Waals surface area (Å²) in [6.45, 7) is 0. The third-order valence-electron chi connectivity index (χ3n) is 2.00. The van der Waals surface area contributed by atoms with Crippen molar-refractivity contribution in [2.45, 2.75) is 0 Å². The van der Waals surface area contributed by atoms with E-state index in [0.717, 1.165) is 0 Å². The van der Waals surface area contributed by atoms with E-state index in [1.54, 1.807) is 0 Å². The number of carboxylic acid groups (broad SMARTS) is 1. The lowest BCUT2D eigenvalue weighted by Crippen LogP contribution is -2.05. The van der Waals surface area contributed by atoms with Gasteiger partial charge in [-0.3, -0.25) is 4.68 Å². The van der Waals surface area contributed by atoms with Crippen LogP contribution in [0.25, 0.3) is 10.9 Å². The van der Waals surface area contributed by atoms with Gasteiger partial charge in [-0.25, -0.2) is 9.18 Å². The molecular weight excluding hydrogens is 187 g/mol. The number of carboxylic acids is 1. The van der Waals surface area contributed by atoms with Gasteiger partial charge in [0.25, 0.3) is 0 Å².